The number of H-pyrrole nitrogens is 1. The number of nitro groups is 1. The Morgan fingerprint density at radius 1 is 1.08 bits per heavy atom. The third kappa shape index (κ3) is 5.03. The summed E-state index contributed by atoms with van der Waals surface area (Å²) < 4.78 is 9.69. The number of methoxy groups -OCH3 is 2. The van der Waals surface area contributed by atoms with E-state index in [1.807, 2.05) is 0 Å². The van der Waals surface area contributed by atoms with Crippen LogP contribution in [0.25, 0.3) is 33.3 Å². The number of hydrogen-bond donors (Lipinski definition) is 4. The lowest BCUT2D eigenvalue weighted by molar-refractivity contribution is -0.384. The molecule has 3 aromatic carbocycles. The van der Waals surface area contributed by atoms with Crippen LogP contribution in [0.15, 0.2) is 60.7 Å². The standard InChI is InChI=1S/C27H24N4O7/c1-37-24(32)13-20(27(34)38-2)16-10-19(14-4-3-5-18(9-14)31(35)36)25(33)21(11-16)23-12-17-8-15(26(28)29)6-7-22(17)30-23/h3-12,20,30,33H,13H2,1-2H3,(H3,28,29). The Balaban J connectivity index is 1.98. The van der Waals surface area contributed by atoms with Gasteiger partial charge in [0.05, 0.1) is 37.2 Å². The minimum absolute atomic E-state index is 0.101. The van der Waals surface area contributed by atoms with Crippen molar-refractivity contribution in [1.29, 1.82) is 5.41 Å². The lowest BCUT2D eigenvalue weighted by Crippen LogP contribution is -2.19. The number of benzene rings is 3. The molecule has 0 aliphatic heterocycles. The van der Waals surface area contributed by atoms with Gasteiger partial charge in [0.2, 0.25) is 0 Å². The molecule has 0 aliphatic rings. The number of aromatic hydroxyl groups is 1. The van der Waals surface area contributed by atoms with E-state index in [9.17, 15) is 24.8 Å². The molecule has 1 heterocycles. The van der Waals surface area contributed by atoms with Crippen molar-refractivity contribution >= 4 is 34.4 Å². The summed E-state index contributed by atoms with van der Waals surface area (Å²) in [6.45, 7) is 0. The average Bonchev–Trinajstić information content (AvgIpc) is 3.34. The van der Waals surface area contributed by atoms with Crippen LogP contribution in [0.5, 0.6) is 5.75 Å². The van der Waals surface area contributed by atoms with Gasteiger partial charge < -0.3 is 25.3 Å². The molecule has 38 heavy (non-hydrogen) atoms. The number of aromatic nitrogens is 1. The van der Waals surface area contributed by atoms with Crippen LogP contribution in [0.4, 0.5) is 5.69 Å². The Morgan fingerprint density at radius 3 is 2.47 bits per heavy atom. The molecule has 0 aliphatic carbocycles. The number of carbonyl (C=O) groups excluding carboxylic acids is 2. The first-order valence-corrected chi connectivity index (χ1v) is 11.4. The molecule has 1 atom stereocenters. The predicted octanol–water partition coefficient (Wildman–Crippen LogP) is 4.22. The van der Waals surface area contributed by atoms with E-state index >= 15 is 0 Å². The summed E-state index contributed by atoms with van der Waals surface area (Å²) >= 11 is 0. The maximum absolute atomic E-state index is 12.7. The van der Waals surface area contributed by atoms with Gasteiger partial charge in [-0.1, -0.05) is 12.1 Å². The molecular weight excluding hydrogens is 492 g/mol. The molecule has 0 bridgehead atoms. The lowest BCUT2D eigenvalue weighted by Gasteiger charge is -2.18. The second-order valence-electron chi connectivity index (χ2n) is 8.53. The number of nitrogens with two attached hydrogens (primary N) is 1. The molecular formula is C27H24N4O7. The van der Waals surface area contributed by atoms with E-state index in [1.165, 1.54) is 38.5 Å². The van der Waals surface area contributed by atoms with Crippen LogP contribution in [0, 0.1) is 15.5 Å². The van der Waals surface area contributed by atoms with Gasteiger partial charge >= 0.3 is 11.9 Å². The van der Waals surface area contributed by atoms with Crippen molar-refractivity contribution in [3.8, 4) is 28.1 Å². The highest BCUT2D eigenvalue weighted by Crippen LogP contribution is 2.42. The third-order valence-electron chi connectivity index (χ3n) is 6.21. The Hall–Kier alpha value is -5.19. The van der Waals surface area contributed by atoms with E-state index < -0.39 is 22.8 Å². The van der Waals surface area contributed by atoms with Crippen LogP contribution in [-0.4, -0.2) is 47.0 Å². The molecule has 194 valence electrons. The van der Waals surface area contributed by atoms with Crippen molar-refractivity contribution in [1.82, 2.24) is 4.98 Å². The number of nitrogen functional groups attached to an aromatic ring is 1. The van der Waals surface area contributed by atoms with Crippen molar-refractivity contribution in [2.24, 2.45) is 5.73 Å². The number of ether oxygens (including phenoxy) is 2. The van der Waals surface area contributed by atoms with Gasteiger partial charge in [-0.3, -0.25) is 25.1 Å². The number of fused-ring (bicyclic) bond motifs is 1. The molecule has 0 saturated carbocycles. The van der Waals surface area contributed by atoms with E-state index in [2.05, 4.69) is 4.98 Å². The quantitative estimate of drug-likeness (QED) is 0.0882. The monoisotopic (exact) mass is 516 g/mol. The summed E-state index contributed by atoms with van der Waals surface area (Å²) in [4.78, 5) is 38.9. The van der Waals surface area contributed by atoms with E-state index in [1.54, 1.807) is 36.4 Å². The Bertz CT molecular complexity index is 1590. The molecule has 5 N–H and O–H groups in total. The minimum atomic E-state index is -1.07. The highest BCUT2D eigenvalue weighted by atomic mass is 16.6. The van der Waals surface area contributed by atoms with Crippen molar-refractivity contribution in [3.63, 3.8) is 0 Å². The molecule has 1 unspecified atom stereocenters. The number of amidine groups is 1. The zero-order valence-electron chi connectivity index (χ0n) is 20.5. The van der Waals surface area contributed by atoms with Gasteiger partial charge in [0.15, 0.2) is 0 Å². The number of phenolic OH excluding ortho intramolecular Hbond substituents is 1. The zero-order chi connectivity index (χ0) is 27.6. The molecule has 4 aromatic rings. The van der Waals surface area contributed by atoms with Gasteiger partial charge in [0, 0.05) is 39.7 Å². The molecule has 1 aromatic heterocycles. The van der Waals surface area contributed by atoms with Gasteiger partial charge in [-0.05, 0) is 47.5 Å². The number of nitrogens with one attached hydrogen (secondary N) is 2. The van der Waals surface area contributed by atoms with Crippen LogP contribution in [0.2, 0.25) is 0 Å². The largest absolute Gasteiger partial charge is 0.507 e. The Kier molecular flexibility index (Phi) is 7.10. The molecule has 0 amide bonds. The van der Waals surface area contributed by atoms with Gasteiger partial charge in [-0.25, -0.2) is 0 Å². The number of nitrogens with zero attached hydrogens (tertiary/aromatic N) is 1. The minimum Gasteiger partial charge on any atom is -0.507 e. The van der Waals surface area contributed by atoms with Gasteiger partial charge in [0.1, 0.15) is 11.6 Å². The van der Waals surface area contributed by atoms with E-state index in [0.29, 0.717) is 33.3 Å². The van der Waals surface area contributed by atoms with Crippen LogP contribution < -0.4 is 5.73 Å². The van der Waals surface area contributed by atoms with E-state index in [0.717, 1.165) is 0 Å². The predicted molar refractivity (Wildman–Crippen MR) is 140 cm³/mol. The SMILES string of the molecule is COC(=O)CC(C(=O)OC)c1cc(-c2cccc([N+](=O)[O-])c2)c(O)c(-c2cc3cc(C(=N)N)ccc3[nH]2)c1. The number of phenols is 1. The van der Waals surface area contributed by atoms with E-state index in [4.69, 9.17) is 20.6 Å². The van der Waals surface area contributed by atoms with Crippen molar-refractivity contribution < 1.29 is 29.1 Å². The highest BCUT2D eigenvalue weighted by molar-refractivity contribution is 6.00. The smallest absolute Gasteiger partial charge is 0.313 e. The lowest BCUT2D eigenvalue weighted by atomic mass is 9.89. The maximum atomic E-state index is 12.7. The number of esters is 2. The van der Waals surface area contributed by atoms with Gasteiger partial charge in [-0.15, -0.1) is 0 Å². The average molecular weight is 517 g/mol. The summed E-state index contributed by atoms with van der Waals surface area (Å²) in [7, 11) is 2.40. The van der Waals surface area contributed by atoms with Crippen molar-refractivity contribution in [3.05, 3.63) is 81.9 Å². The Morgan fingerprint density at radius 2 is 1.82 bits per heavy atom. The second-order valence-corrected chi connectivity index (χ2v) is 8.53. The number of rotatable bonds is 8. The number of non-ortho nitro benzene ring substituents is 1. The van der Waals surface area contributed by atoms with Crippen LogP contribution in [0.1, 0.15) is 23.5 Å². The normalized spacial score (nSPS) is 11.6. The fraction of sp³-hybridized carbons (Fsp3) is 0.148. The third-order valence-corrected chi connectivity index (χ3v) is 6.21. The molecule has 11 nitrogen and oxygen atoms in total. The number of nitro benzene ring substituents is 1. The molecule has 4 rings (SSSR count). The second kappa shape index (κ2) is 10.4. The molecule has 11 heteroatoms. The van der Waals surface area contributed by atoms with Crippen molar-refractivity contribution in [2.45, 2.75) is 12.3 Å². The summed E-state index contributed by atoms with van der Waals surface area (Å²) in [5, 5.41) is 31.2. The van der Waals surface area contributed by atoms with E-state index in [-0.39, 0.29) is 34.8 Å². The number of hydrogen-bond acceptors (Lipinski definition) is 8. The first kappa shape index (κ1) is 25.9. The summed E-state index contributed by atoms with van der Waals surface area (Å²) in [6, 6.07) is 15.6. The molecule has 0 fully saturated rings. The fourth-order valence-corrected chi connectivity index (χ4v) is 4.25. The van der Waals surface area contributed by atoms with Crippen LogP contribution in [0.3, 0.4) is 0 Å². The molecule has 0 spiro atoms. The summed E-state index contributed by atoms with van der Waals surface area (Å²) in [6.07, 6.45) is -0.323. The maximum Gasteiger partial charge on any atom is 0.313 e. The summed E-state index contributed by atoms with van der Waals surface area (Å²) in [5.74, 6) is -2.71. The van der Waals surface area contributed by atoms with Crippen molar-refractivity contribution in [2.75, 3.05) is 14.2 Å². The highest BCUT2D eigenvalue weighted by Gasteiger charge is 2.28. The first-order valence-electron chi connectivity index (χ1n) is 11.4. The van der Waals surface area contributed by atoms with Gasteiger partial charge in [-0.2, -0.15) is 0 Å². The van der Waals surface area contributed by atoms with Crippen LogP contribution >= 0.6 is 0 Å². The molecule has 0 saturated heterocycles. The summed E-state index contributed by atoms with van der Waals surface area (Å²) in [5.41, 5.74) is 8.27. The fourth-order valence-electron chi connectivity index (χ4n) is 4.25. The Labute approximate surface area is 216 Å². The molecule has 0 radical (unpaired) electrons. The topological polar surface area (TPSA) is 182 Å². The number of aromatic amines is 1. The number of carbonyl (C=O) groups is 2. The zero-order valence-corrected chi connectivity index (χ0v) is 20.5. The first-order chi connectivity index (χ1) is 18.1. The van der Waals surface area contributed by atoms with Gasteiger partial charge in [0.25, 0.3) is 5.69 Å². The van der Waals surface area contributed by atoms with Crippen LogP contribution in [-0.2, 0) is 19.1 Å².